The molecule has 0 N–H and O–H groups in total. The molecule has 4 heteroatoms. The molecule has 1 amide bonds. The monoisotopic (exact) mass is 259 g/mol. The fraction of sp³-hybridized carbons (Fsp3) is 0.923. The molecular formula is C13H22ClNO2. The highest BCUT2D eigenvalue weighted by molar-refractivity contribution is 6.30. The van der Waals surface area contributed by atoms with E-state index in [1.165, 1.54) is 19.3 Å². The Morgan fingerprint density at radius 2 is 2.29 bits per heavy atom. The highest BCUT2D eigenvalue weighted by Gasteiger charge is 2.51. The fourth-order valence-corrected chi connectivity index (χ4v) is 3.28. The molecule has 2 atom stereocenters. The molecule has 2 fully saturated rings. The number of hydrogen-bond acceptors (Lipinski definition) is 2. The van der Waals surface area contributed by atoms with Crippen molar-refractivity contribution in [1.82, 2.24) is 4.90 Å². The van der Waals surface area contributed by atoms with Gasteiger partial charge in [-0.3, -0.25) is 4.79 Å². The van der Waals surface area contributed by atoms with Gasteiger partial charge in [0.15, 0.2) is 0 Å². The van der Waals surface area contributed by atoms with Crippen molar-refractivity contribution >= 4 is 17.5 Å². The zero-order valence-electron chi connectivity index (χ0n) is 10.7. The third-order valence-corrected chi connectivity index (χ3v) is 4.52. The van der Waals surface area contributed by atoms with Gasteiger partial charge in [0.25, 0.3) is 0 Å². The van der Waals surface area contributed by atoms with Crippen LogP contribution in [0, 0.1) is 11.3 Å². The van der Waals surface area contributed by atoms with Gasteiger partial charge in [0.1, 0.15) is 5.38 Å². The van der Waals surface area contributed by atoms with Gasteiger partial charge < -0.3 is 9.64 Å². The van der Waals surface area contributed by atoms with Crippen molar-refractivity contribution in [3.63, 3.8) is 0 Å². The van der Waals surface area contributed by atoms with E-state index in [1.54, 1.807) is 6.92 Å². The summed E-state index contributed by atoms with van der Waals surface area (Å²) in [6, 6.07) is 0. The highest BCUT2D eigenvalue weighted by atomic mass is 35.5. The van der Waals surface area contributed by atoms with E-state index in [4.69, 9.17) is 16.3 Å². The number of halogens is 1. The number of alkyl halides is 1. The smallest absolute Gasteiger partial charge is 0.240 e. The largest absolute Gasteiger partial charge is 0.381 e. The number of amides is 1. The average molecular weight is 260 g/mol. The normalized spacial score (nSPS) is 28.2. The number of nitrogens with zero attached hydrogens (tertiary/aromatic N) is 1. The van der Waals surface area contributed by atoms with Gasteiger partial charge in [-0.2, -0.15) is 0 Å². The number of hydrogen-bond donors (Lipinski definition) is 0. The van der Waals surface area contributed by atoms with Crippen molar-refractivity contribution in [2.24, 2.45) is 11.3 Å². The highest BCUT2D eigenvalue weighted by Crippen LogP contribution is 2.51. The molecule has 17 heavy (non-hydrogen) atoms. The summed E-state index contributed by atoms with van der Waals surface area (Å²) in [4.78, 5) is 13.9. The maximum absolute atomic E-state index is 11.9. The second-order valence-electron chi connectivity index (χ2n) is 5.41. The molecule has 1 aliphatic heterocycles. The van der Waals surface area contributed by atoms with Gasteiger partial charge in [0, 0.05) is 25.6 Å². The van der Waals surface area contributed by atoms with Crippen LogP contribution in [0.5, 0.6) is 0 Å². The Bertz CT molecular complexity index is 289. The standard InChI is InChI=1S/C13H22ClNO2/c1-3-17-8-11-7-15(12(16)10(2)14)9-13(11)5-4-6-13/h10-11H,3-9H2,1-2H3. The van der Waals surface area contributed by atoms with Crippen molar-refractivity contribution in [1.29, 1.82) is 0 Å². The van der Waals surface area contributed by atoms with E-state index < -0.39 is 5.38 Å². The number of ether oxygens (including phenoxy) is 1. The molecular weight excluding hydrogens is 238 g/mol. The van der Waals surface area contributed by atoms with E-state index in [9.17, 15) is 4.79 Å². The van der Waals surface area contributed by atoms with E-state index in [0.29, 0.717) is 11.3 Å². The van der Waals surface area contributed by atoms with Crippen molar-refractivity contribution in [2.45, 2.75) is 38.5 Å². The van der Waals surface area contributed by atoms with Gasteiger partial charge in [0.2, 0.25) is 5.91 Å². The molecule has 1 aliphatic carbocycles. The van der Waals surface area contributed by atoms with Crippen LogP contribution in [-0.4, -0.2) is 42.5 Å². The van der Waals surface area contributed by atoms with E-state index >= 15 is 0 Å². The first kappa shape index (κ1) is 13.2. The van der Waals surface area contributed by atoms with Crippen LogP contribution in [0.15, 0.2) is 0 Å². The predicted octanol–water partition coefficient (Wildman–Crippen LogP) is 2.28. The third kappa shape index (κ3) is 2.45. The SMILES string of the molecule is CCOCC1CN(C(=O)C(C)Cl)CC12CCC2. The first-order valence-electron chi connectivity index (χ1n) is 6.59. The Morgan fingerprint density at radius 1 is 1.59 bits per heavy atom. The molecule has 0 bridgehead atoms. The molecule has 0 aromatic heterocycles. The molecule has 2 unspecified atom stereocenters. The lowest BCUT2D eigenvalue weighted by atomic mass is 9.63. The minimum atomic E-state index is -0.405. The molecule has 2 rings (SSSR count). The van der Waals surface area contributed by atoms with Gasteiger partial charge in [-0.15, -0.1) is 11.6 Å². The molecule has 0 aromatic rings. The second-order valence-corrected chi connectivity index (χ2v) is 6.06. The van der Waals surface area contributed by atoms with Gasteiger partial charge in [-0.25, -0.2) is 0 Å². The zero-order chi connectivity index (χ0) is 12.5. The predicted molar refractivity (Wildman–Crippen MR) is 68.2 cm³/mol. The van der Waals surface area contributed by atoms with Crippen molar-refractivity contribution in [2.75, 3.05) is 26.3 Å². The van der Waals surface area contributed by atoms with Crippen LogP contribution >= 0.6 is 11.6 Å². The maximum atomic E-state index is 11.9. The van der Waals surface area contributed by atoms with Gasteiger partial charge >= 0.3 is 0 Å². The van der Waals surface area contributed by atoms with Crippen LogP contribution in [0.25, 0.3) is 0 Å². The minimum Gasteiger partial charge on any atom is -0.381 e. The molecule has 1 heterocycles. The van der Waals surface area contributed by atoms with Gasteiger partial charge in [0.05, 0.1) is 6.61 Å². The summed E-state index contributed by atoms with van der Waals surface area (Å²) < 4.78 is 5.57. The molecule has 0 aromatic carbocycles. The quantitative estimate of drug-likeness (QED) is 0.725. The van der Waals surface area contributed by atoms with Crippen LogP contribution in [0.1, 0.15) is 33.1 Å². The van der Waals surface area contributed by atoms with Crippen LogP contribution in [-0.2, 0) is 9.53 Å². The Balaban J connectivity index is 1.99. The molecule has 1 saturated carbocycles. The van der Waals surface area contributed by atoms with Crippen LogP contribution in [0.2, 0.25) is 0 Å². The Morgan fingerprint density at radius 3 is 2.76 bits per heavy atom. The first-order valence-corrected chi connectivity index (χ1v) is 7.03. The first-order chi connectivity index (χ1) is 8.09. The van der Waals surface area contributed by atoms with Crippen molar-refractivity contribution in [3.8, 4) is 0 Å². The summed E-state index contributed by atoms with van der Waals surface area (Å²) in [5.41, 5.74) is 0.344. The number of likely N-dealkylation sites (tertiary alicyclic amines) is 1. The topological polar surface area (TPSA) is 29.5 Å². The van der Waals surface area contributed by atoms with E-state index in [1.807, 2.05) is 11.8 Å². The van der Waals surface area contributed by atoms with Crippen LogP contribution in [0.4, 0.5) is 0 Å². The second kappa shape index (κ2) is 5.15. The molecule has 2 aliphatic rings. The van der Waals surface area contributed by atoms with E-state index in [2.05, 4.69) is 0 Å². The number of carbonyl (C=O) groups excluding carboxylic acids is 1. The maximum Gasteiger partial charge on any atom is 0.240 e. The molecule has 98 valence electrons. The zero-order valence-corrected chi connectivity index (χ0v) is 11.5. The van der Waals surface area contributed by atoms with E-state index in [0.717, 1.165) is 26.3 Å². The summed E-state index contributed by atoms with van der Waals surface area (Å²) in [5.74, 6) is 0.590. The lowest BCUT2D eigenvalue weighted by molar-refractivity contribution is -0.130. The summed E-state index contributed by atoms with van der Waals surface area (Å²) in [7, 11) is 0. The van der Waals surface area contributed by atoms with E-state index in [-0.39, 0.29) is 5.91 Å². The molecule has 1 spiro atoms. The summed E-state index contributed by atoms with van der Waals surface area (Å²) in [5, 5.41) is -0.405. The third-order valence-electron chi connectivity index (χ3n) is 4.34. The van der Waals surface area contributed by atoms with Crippen LogP contribution < -0.4 is 0 Å². The average Bonchev–Trinajstić information content (AvgIpc) is 2.64. The molecule has 0 radical (unpaired) electrons. The number of rotatable bonds is 4. The van der Waals surface area contributed by atoms with Crippen molar-refractivity contribution in [3.05, 3.63) is 0 Å². The Hall–Kier alpha value is -0.280. The summed E-state index contributed by atoms with van der Waals surface area (Å²) >= 11 is 5.89. The summed E-state index contributed by atoms with van der Waals surface area (Å²) in [6.45, 7) is 7.04. The molecule has 3 nitrogen and oxygen atoms in total. The minimum absolute atomic E-state index is 0.0805. The van der Waals surface area contributed by atoms with Gasteiger partial charge in [-0.05, 0) is 32.1 Å². The molecule has 1 saturated heterocycles. The van der Waals surface area contributed by atoms with Crippen LogP contribution in [0.3, 0.4) is 0 Å². The fourth-order valence-electron chi connectivity index (χ4n) is 3.14. The summed E-state index contributed by atoms with van der Waals surface area (Å²) in [6.07, 6.45) is 3.78. The number of carbonyl (C=O) groups is 1. The lowest BCUT2D eigenvalue weighted by Crippen LogP contribution is -2.40. The Labute approximate surface area is 108 Å². The van der Waals surface area contributed by atoms with Crippen molar-refractivity contribution < 1.29 is 9.53 Å². The lowest BCUT2D eigenvalue weighted by Gasteiger charge is -2.42. The van der Waals surface area contributed by atoms with Gasteiger partial charge in [-0.1, -0.05) is 6.42 Å². The Kier molecular flexibility index (Phi) is 3.99.